The van der Waals surface area contributed by atoms with E-state index in [1.54, 1.807) is 18.3 Å². The van der Waals surface area contributed by atoms with Crippen molar-refractivity contribution < 1.29 is 9.59 Å². The standard InChI is InChI=1S/C8H14O.C6H6N2O/c9-8-6-4-2-1-3-5-7-8;7-6(9)5-2-1-3-8-4-5/h1-7H2;1-4H,(H2,7,9). The lowest BCUT2D eigenvalue weighted by Crippen LogP contribution is -2.10. The third kappa shape index (κ3) is 6.13. The molecule has 1 fully saturated rings. The highest BCUT2D eigenvalue weighted by atomic mass is 16.1. The van der Waals surface area contributed by atoms with Crippen LogP contribution in [0.1, 0.15) is 55.3 Å². The molecule has 2 N–H and O–H groups in total. The number of hydrogen-bond acceptors (Lipinski definition) is 3. The van der Waals surface area contributed by atoms with Gasteiger partial charge in [0.15, 0.2) is 0 Å². The van der Waals surface area contributed by atoms with Crippen LogP contribution in [0.2, 0.25) is 0 Å². The third-order valence-electron chi connectivity index (χ3n) is 2.86. The van der Waals surface area contributed by atoms with Crippen LogP contribution < -0.4 is 5.73 Å². The third-order valence-corrected chi connectivity index (χ3v) is 2.86. The summed E-state index contributed by atoms with van der Waals surface area (Å²) in [5.41, 5.74) is 5.38. The van der Waals surface area contributed by atoms with Crippen molar-refractivity contribution in [3.8, 4) is 0 Å². The zero-order valence-corrected chi connectivity index (χ0v) is 10.6. The molecule has 4 nitrogen and oxygen atoms in total. The molecule has 0 aliphatic heterocycles. The van der Waals surface area contributed by atoms with E-state index in [4.69, 9.17) is 5.73 Å². The molecule has 1 aromatic rings. The van der Waals surface area contributed by atoms with Crippen LogP contribution in [0.5, 0.6) is 0 Å². The Hall–Kier alpha value is -1.71. The molecule has 0 spiro atoms. The second-order valence-corrected chi connectivity index (χ2v) is 4.41. The Morgan fingerprint density at radius 2 is 1.72 bits per heavy atom. The average molecular weight is 248 g/mol. The van der Waals surface area contributed by atoms with Gasteiger partial charge in [-0.1, -0.05) is 19.3 Å². The quantitative estimate of drug-likeness (QED) is 0.829. The number of aromatic nitrogens is 1. The van der Waals surface area contributed by atoms with Crippen LogP contribution in [0.25, 0.3) is 0 Å². The Morgan fingerprint density at radius 1 is 1.11 bits per heavy atom. The van der Waals surface area contributed by atoms with E-state index in [1.165, 1.54) is 25.5 Å². The minimum atomic E-state index is -0.442. The number of amides is 1. The number of ketones is 1. The molecule has 0 bridgehead atoms. The molecule has 0 atom stereocenters. The summed E-state index contributed by atoms with van der Waals surface area (Å²) in [5.74, 6) is 0.0396. The highest BCUT2D eigenvalue weighted by molar-refractivity contribution is 5.92. The van der Waals surface area contributed by atoms with Crippen molar-refractivity contribution in [3.63, 3.8) is 0 Å². The Bertz CT molecular complexity index is 367. The van der Waals surface area contributed by atoms with Crippen LogP contribution >= 0.6 is 0 Å². The number of primary amides is 1. The van der Waals surface area contributed by atoms with Crippen LogP contribution in [-0.4, -0.2) is 16.7 Å². The molecule has 2 rings (SSSR count). The van der Waals surface area contributed by atoms with Crippen molar-refractivity contribution in [3.05, 3.63) is 30.1 Å². The maximum absolute atomic E-state index is 10.8. The predicted octanol–water partition coefficient (Wildman–Crippen LogP) is 2.48. The normalized spacial score (nSPS) is 15.9. The molecule has 1 aromatic heterocycles. The molecule has 1 heterocycles. The van der Waals surface area contributed by atoms with Crippen molar-refractivity contribution in [2.45, 2.75) is 44.9 Å². The number of Topliss-reactive ketones (excluding diaryl/α,β-unsaturated/α-hetero) is 1. The summed E-state index contributed by atoms with van der Waals surface area (Å²) in [6.45, 7) is 0. The van der Waals surface area contributed by atoms with Crippen molar-refractivity contribution in [1.82, 2.24) is 4.98 Å². The smallest absolute Gasteiger partial charge is 0.250 e. The van der Waals surface area contributed by atoms with E-state index in [9.17, 15) is 9.59 Å². The van der Waals surface area contributed by atoms with Crippen LogP contribution in [-0.2, 0) is 4.79 Å². The first-order chi connectivity index (χ1) is 8.70. The van der Waals surface area contributed by atoms with E-state index in [0.29, 0.717) is 11.3 Å². The van der Waals surface area contributed by atoms with E-state index in [1.807, 2.05) is 0 Å². The lowest BCUT2D eigenvalue weighted by molar-refractivity contribution is -0.119. The Labute approximate surface area is 108 Å². The summed E-state index contributed by atoms with van der Waals surface area (Å²) in [4.78, 5) is 24.9. The molecule has 1 aliphatic carbocycles. The van der Waals surface area contributed by atoms with Crippen molar-refractivity contribution >= 4 is 11.7 Å². The van der Waals surface area contributed by atoms with Gasteiger partial charge in [0.05, 0.1) is 5.56 Å². The molecule has 1 aliphatic rings. The van der Waals surface area contributed by atoms with Gasteiger partial charge in [0.1, 0.15) is 5.78 Å². The van der Waals surface area contributed by atoms with E-state index in [2.05, 4.69) is 4.98 Å². The van der Waals surface area contributed by atoms with Crippen molar-refractivity contribution in [2.75, 3.05) is 0 Å². The summed E-state index contributed by atoms with van der Waals surface area (Å²) in [5, 5.41) is 0. The molecule has 1 saturated carbocycles. The first kappa shape index (κ1) is 14.4. The molecule has 0 saturated heterocycles. The number of hydrogen-bond donors (Lipinski definition) is 1. The first-order valence-corrected chi connectivity index (χ1v) is 6.41. The number of nitrogens with two attached hydrogens (primary N) is 1. The Kier molecular flexibility index (Phi) is 6.69. The van der Waals surface area contributed by atoms with Crippen molar-refractivity contribution in [2.24, 2.45) is 5.73 Å². The average Bonchev–Trinajstić information content (AvgIpc) is 2.36. The summed E-state index contributed by atoms with van der Waals surface area (Å²) >= 11 is 0. The van der Waals surface area contributed by atoms with Gasteiger partial charge in [-0.05, 0) is 25.0 Å². The molecule has 18 heavy (non-hydrogen) atoms. The van der Waals surface area contributed by atoms with Crippen molar-refractivity contribution in [1.29, 1.82) is 0 Å². The van der Waals surface area contributed by atoms with Gasteiger partial charge in [0.25, 0.3) is 0 Å². The van der Waals surface area contributed by atoms with Gasteiger partial charge < -0.3 is 5.73 Å². The number of carbonyl (C=O) groups excluding carboxylic acids is 2. The van der Waals surface area contributed by atoms with Crippen LogP contribution in [0.4, 0.5) is 0 Å². The van der Waals surface area contributed by atoms with Crippen LogP contribution in [0.15, 0.2) is 24.5 Å². The minimum absolute atomic E-state index is 0.442. The first-order valence-electron chi connectivity index (χ1n) is 6.41. The zero-order chi connectivity index (χ0) is 13.2. The van der Waals surface area contributed by atoms with Gasteiger partial charge in [-0.2, -0.15) is 0 Å². The van der Waals surface area contributed by atoms with Crippen LogP contribution in [0, 0.1) is 0 Å². The molecule has 0 unspecified atom stereocenters. The maximum Gasteiger partial charge on any atom is 0.250 e. The number of pyridine rings is 1. The monoisotopic (exact) mass is 248 g/mol. The summed E-state index contributed by atoms with van der Waals surface area (Å²) in [6.07, 6.45) is 10.9. The van der Waals surface area contributed by atoms with Crippen LogP contribution in [0.3, 0.4) is 0 Å². The van der Waals surface area contributed by atoms with Gasteiger partial charge in [0.2, 0.25) is 5.91 Å². The Balaban J connectivity index is 0.000000180. The van der Waals surface area contributed by atoms with Gasteiger partial charge in [0, 0.05) is 25.2 Å². The van der Waals surface area contributed by atoms with E-state index < -0.39 is 5.91 Å². The molecule has 4 heteroatoms. The van der Waals surface area contributed by atoms with E-state index in [-0.39, 0.29) is 0 Å². The SMILES string of the molecule is NC(=O)c1cccnc1.O=C1CCCCCCC1. The number of rotatable bonds is 1. The highest BCUT2D eigenvalue weighted by Gasteiger charge is 2.04. The second-order valence-electron chi connectivity index (χ2n) is 4.41. The minimum Gasteiger partial charge on any atom is -0.366 e. The Morgan fingerprint density at radius 3 is 2.17 bits per heavy atom. The summed E-state index contributed by atoms with van der Waals surface area (Å²) in [6, 6.07) is 3.29. The molecular weight excluding hydrogens is 228 g/mol. The van der Waals surface area contributed by atoms with E-state index >= 15 is 0 Å². The summed E-state index contributed by atoms with van der Waals surface area (Å²) in [7, 11) is 0. The van der Waals surface area contributed by atoms with Gasteiger partial charge in [-0.3, -0.25) is 14.6 Å². The fourth-order valence-corrected chi connectivity index (χ4v) is 1.81. The zero-order valence-electron chi connectivity index (χ0n) is 10.6. The molecule has 0 aromatic carbocycles. The molecule has 1 amide bonds. The number of nitrogens with zero attached hydrogens (tertiary/aromatic N) is 1. The topological polar surface area (TPSA) is 73.1 Å². The fourth-order valence-electron chi connectivity index (χ4n) is 1.81. The second kappa shape index (κ2) is 8.39. The van der Waals surface area contributed by atoms with E-state index in [0.717, 1.165) is 25.7 Å². The molecular formula is C14H20N2O2. The summed E-state index contributed by atoms with van der Waals surface area (Å²) < 4.78 is 0. The lowest BCUT2D eigenvalue weighted by atomic mass is 10.0. The maximum atomic E-state index is 10.8. The fraction of sp³-hybridized carbons (Fsp3) is 0.500. The van der Waals surface area contributed by atoms with Gasteiger partial charge in [-0.15, -0.1) is 0 Å². The highest BCUT2D eigenvalue weighted by Crippen LogP contribution is 2.13. The lowest BCUT2D eigenvalue weighted by Gasteiger charge is -2.05. The molecule has 98 valence electrons. The number of carbonyl (C=O) groups is 2. The molecule has 0 radical (unpaired) electrons. The van der Waals surface area contributed by atoms with Gasteiger partial charge >= 0.3 is 0 Å². The van der Waals surface area contributed by atoms with Gasteiger partial charge in [-0.25, -0.2) is 0 Å². The predicted molar refractivity (Wildman–Crippen MR) is 70.1 cm³/mol. The largest absolute Gasteiger partial charge is 0.366 e.